The van der Waals surface area contributed by atoms with Crippen molar-refractivity contribution < 1.29 is 14.0 Å². The van der Waals surface area contributed by atoms with Gasteiger partial charge in [-0.05, 0) is 54.4 Å². The summed E-state index contributed by atoms with van der Waals surface area (Å²) in [4.78, 5) is 26.4. The number of piperidine rings is 1. The monoisotopic (exact) mass is 410 g/mol. The highest BCUT2D eigenvalue weighted by atomic mass is 19.1. The highest BCUT2D eigenvalue weighted by Crippen LogP contribution is 2.23. The summed E-state index contributed by atoms with van der Waals surface area (Å²) in [6.45, 7) is 6.10. The predicted molar refractivity (Wildman–Crippen MR) is 117 cm³/mol. The van der Waals surface area contributed by atoms with Crippen LogP contribution < -0.4 is 5.32 Å². The molecule has 0 unspecified atom stereocenters. The van der Waals surface area contributed by atoms with E-state index in [1.807, 2.05) is 0 Å². The Balaban J connectivity index is 1.37. The van der Waals surface area contributed by atoms with Crippen LogP contribution in [0.15, 0.2) is 48.5 Å². The zero-order valence-electron chi connectivity index (χ0n) is 17.9. The zero-order valence-corrected chi connectivity index (χ0v) is 17.9. The lowest BCUT2D eigenvalue weighted by molar-refractivity contribution is -0.121. The Labute approximate surface area is 178 Å². The average molecular weight is 411 g/mol. The molecule has 1 N–H and O–H groups in total. The maximum absolute atomic E-state index is 13.8. The second-order valence-corrected chi connectivity index (χ2v) is 8.43. The number of carbonyl (C=O) groups is 2. The third kappa shape index (κ3) is 5.91. The van der Waals surface area contributed by atoms with Gasteiger partial charge in [-0.2, -0.15) is 0 Å². The number of nitrogens with one attached hydrogen (secondary N) is 1. The van der Waals surface area contributed by atoms with Gasteiger partial charge in [-0.25, -0.2) is 4.39 Å². The first-order chi connectivity index (χ1) is 14.4. The van der Waals surface area contributed by atoms with Crippen molar-refractivity contribution in [2.75, 3.05) is 13.1 Å². The van der Waals surface area contributed by atoms with E-state index in [1.54, 1.807) is 17.0 Å². The van der Waals surface area contributed by atoms with Gasteiger partial charge in [-0.15, -0.1) is 0 Å². The maximum Gasteiger partial charge on any atom is 0.256 e. The van der Waals surface area contributed by atoms with Gasteiger partial charge < -0.3 is 10.2 Å². The molecule has 0 radical (unpaired) electrons. The van der Waals surface area contributed by atoms with Crippen LogP contribution in [0.25, 0.3) is 0 Å². The fourth-order valence-corrected chi connectivity index (χ4v) is 3.87. The normalized spacial score (nSPS) is 14.7. The van der Waals surface area contributed by atoms with Crippen LogP contribution in [0.1, 0.15) is 66.9 Å². The molecule has 2 amide bonds. The van der Waals surface area contributed by atoms with Crippen molar-refractivity contribution in [3.63, 3.8) is 0 Å². The number of halogens is 1. The summed E-state index contributed by atoms with van der Waals surface area (Å²) in [5.74, 6) is 0.272. The SMILES string of the molecule is CC(C)c1ccc(CNC(=O)CCC2CCN(C(=O)c3ccccc3F)CC2)cc1. The van der Waals surface area contributed by atoms with Gasteiger partial charge in [0.05, 0.1) is 5.56 Å². The van der Waals surface area contributed by atoms with Crippen LogP contribution in [-0.4, -0.2) is 29.8 Å². The van der Waals surface area contributed by atoms with Crippen LogP contribution in [0.3, 0.4) is 0 Å². The van der Waals surface area contributed by atoms with Crippen molar-refractivity contribution in [2.45, 2.75) is 52.0 Å². The van der Waals surface area contributed by atoms with E-state index in [1.165, 1.54) is 17.7 Å². The lowest BCUT2D eigenvalue weighted by atomic mass is 9.91. The lowest BCUT2D eigenvalue weighted by Gasteiger charge is -2.32. The summed E-state index contributed by atoms with van der Waals surface area (Å²) in [5.41, 5.74) is 2.54. The molecule has 3 rings (SSSR count). The highest BCUT2D eigenvalue weighted by molar-refractivity contribution is 5.94. The summed E-state index contributed by atoms with van der Waals surface area (Å²) >= 11 is 0. The van der Waals surface area contributed by atoms with Gasteiger partial charge >= 0.3 is 0 Å². The largest absolute Gasteiger partial charge is 0.352 e. The molecule has 1 aliphatic heterocycles. The van der Waals surface area contributed by atoms with E-state index < -0.39 is 5.82 Å². The van der Waals surface area contributed by atoms with Crippen LogP contribution in [0.4, 0.5) is 4.39 Å². The minimum Gasteiger partial charge on any atom is -0.352 e. The van der Waals surface area contributed by atoms with Crippen molar-refractivity contribution in [2.24, 2.45) is 5.92 Å². The van der Waals surface area contributed by atoms with E-state index in [0.29, 0.717) is 37.9 Å². The Morgan fingerprint density at radius 1 is 1.07 bits per heavy atom. The van der Waals surface area contributed by atoms with Crippen LogP contribution in [0.5, 0.6) is 0 Å². The summed E-state index contributed by atoms with van der Waals surface area (Å²) in [6.07, 6.45) is 3.02. The number of hydrogen-bond acceptors (Lipinski definition) is 2. The van der Waals surface area contributed by atoms with E-state index in [4.69, 9.17) is 0 Å². The molecule has 160 valence electrons. The molecule has 0 aliphatic carbocycles. The molecule has 5 heteroatoms. The van der Waals surface area contributed by atoms with E-state index >= 15 is 0 Å². The van der Waals surface area contributed by atoms with Gasteiger partial charge in [0.25, 0.3) is 5.91 Å². The topological polar surface area (TPSA) is 49.4 Å². The molecule has 2 aromatic rings. The highest BCUT2D eigenvalue weighted by Gasteiger charge is 2.25. The lowest BCUT2D eigenvalue weighted by Crippen LogP contribution is -2.39. The fraction of sp³-hybridized carbons (Fsp3) is 0.440. The molecule has 0 aromatic heterocycles. The molecule has 0 atom stereocenters. The van der Waals surface area contributed by atoms with E-state index in [9.17, 15) is 14.0 Å². The number of hydrogen-bond donors (Lipinski definition) is 1. The Hall–Kier alpha value is -2.69. The number of rotatable bonds is 7. The molecule has 0 bridgehead atoms. The van der Waals surface area contributed by atoms with Crippen molar-refractivity contribution in [1.29, 1.82) is 0 Å². The van der Waals surface area contributed by atoms with Crippen LogP contribution in [-0.2, 0) is 11.3 Å². The fourth-order valence-electron chi connectivity index (χ4n) is 3.87. The quantitative estimate of drug-likeness (QED) is 0.706. The molecule has 0 spiro atoms. The van der Waals surface area contributed by atoms with Gasteiger partial charge in [0, 0.05) is 26.1 Å². The third-order valence-electron chi connectivity index (χ3n) is 5.92. The van der Waals surface area contributed by atoms with Gasteiger partial charge in [-0.1, -0.05) is 50.2 Å². The van der Waals surface area contributed by atoms with E-state index in [0.717, 1.165) is 24.8 Å². The Morgan fingerprint density at radius 2 is 1.73 bits per heavy atom. The van der Waals surface area contributed by atoms with Gasteiger partial charge in [0.15, 0.2) is 0 Å². The molecule has 1 aliphatic rings. The van der Waals surface area contributed by atoms with Crippen molar-refractivity contribution in [3.05, 3.63) is 71.0 Å². The zero-order chi connectivity index (χ0) is 21.5. The molecule has 1 heterocycles. The number of nitrogens with zero attached hydrogens (tertiary/aromatic N) is 1. The predicted octanol–water partition coefficient (Wildman–Crippen LogP) is 4.90. The molecular formula is C25H31FN2O2. The molecule has 2 aromatic carbocycles. The summed E-state index contributed by atoms with van der Waals surface area (Å²) in [6, 6.07) is 14.5. The number of amides is 2. The Bertz CT molecular complexity index is 856. The van der Waals surface area contributed by atoms with Gasteiger partial charge in [0.2, 0.25) is 5.91 Å². The number of benzene rings is 2. The van der Waals surface area contributed by atoms with Crippen molar-refractivity contribution in [1.82, 2.24) is 10.2 Å². The number of likely N-dealkylation sites (tertiary alicyclic amines) is 1. The van der Waals surface area contributed by atoms with Crippen molar-refractivity contribution >= 4 is 11.8 Å². The smallest absolute Gasteiger partial charge is 0.256 e. The Morgan fingerprint density at radius 3 is 2.37 bits per heavy atom. The molecule has 4 nitrogen and oxygen atoms in total. The second-order valence-electron chi connectivity index (χ2n) is 8.43. The first kappa shape index (κ1) is 22.0. The van der Waals surface area contributed by atoms with Crippen LogP contribution in [0.2, 0.25) is 0 Å². The molecule has 1 fully saturated rings. The molecule has 1 saturated heterocycles. The van der Waals surface area contributed by atoms with Crippen LogP contribution >= 0.6 is 0 Å². The standard InChI is InChI=1S/C25H31FN2O2/c1-18(2)21-10-7-20(8-11-21)17-27-24(29)12-9-19-13-15-28(16-14-19)25(30)22-5-3-4-6-23(22)26/h3-8,10-11,18-19H,9,12-17H2,1-2H3,(H,27,29). The third-order valence-corrected chi connectivity index (χ3v) is 5.92. The van der Waals surface area contributed by atoms with Gasteiger partial charge in [0.1, 0.15) is 5.82 Å². The van der Waals surface area contributed by atoms with E-state index in [2.05, 4.69) is 43.4 Å². The molecule has 0 saturated carbocycles. The van der Waals surface area contributed by atoms with E-state index in [-0.39, 0.29) is 17.4 Å². The summed E-state index contributed by atoms with van der Waals surface area (Å²) in [7, 11) is 0. The first-order valence-electron chi connectivity index (χ1n) is 10.8. The summed E-state index contributed by atoms with van der Waals surface area (Å²) < 4.78 is 13.8. The number of carbonyl (C=O) groups excluding carboxylic acids is 2. The molecule has 30 heavy (non-hydrogen) atoms. The van der Waals surface area contributed by atoms with Crippen LogP contribution in [0, 0.1) is 11.7 Å². The minimum absolute atomic E-state index is 0.0628. The minimum atomic E-state index is -0.472. The van der Waals surface area contributed by atoms with Gasteiger partial charge in [-0.3, -0.25) is 9.59 Å². The Kier molecular flexibility index (Phi) is 7.61. The van der Waals surface area contributed by atoms with Crippen molar-refractivity contribution in [3.8, 4) is 0 Å². The second kappa shape index (κ2) is 10.4. The molecular weight excluding hydrogens is 379 g/mol. The first-order valence-corrected chi connectivity index (χ1v) is 10.8. The summed E-state index contributed by atoms with van der Waals surface area (Å²) in [5, 5.41) is 3.00. The maximum atomic E-state index is 13.8. The average Bonchev–Trinajstić information content (AvgIpc) is 2.77.